The third-order valence-corrected chi connectivity index (χ3v) is 3.45. The zero-order valence-corrected chi connectivity index (χ0v) is 9.85. The fourth-order valence-electron chi connectivity index (χ4n) is 2.51. The smallest absolute Gasteiger partial charge is 0.262 e. The number of aromatic nitrogens is 2. The number of hydrogen-bond acceptors (Lipinski definition) is 5. The molecule has 0 saturated heterocycles. The molecule has 96 valence electrons. The molecule has 1 unspecified atom stereocenters. The lowest BCUT2D eigenvalue weighted by atomic mass is 10.2. The molecule has 0 spiro atoms. The lowest BCUT2D eigenvalue weighted by Crippen LogP contribution is -2.30. The first kappa shape index (κ1) is 11.4. The Bertz CT molecular complexity index is 598. The van der Waals surface area contributed by atoms with Gasteiger partial charge >= 0.3 is 0 Å². The largest absolute Gasteiger partial charge is 0.445 e. The van der Waals surface area contributed by atoms with Crippen molar-refractivity contribution in [2.75, 3.05) is 0 Å². The first-order chi connectivity index (χ1) is 8.75. The Kier molecular flexibility index (Phi) is 2.89. The molecule has 0 amide bonds. The molecule has 2 heterocycles. The number of fused-ring (bicyclic) bond motifs is 1. The van der Waals surface area contributed by atoms with Crippen molar-refractivity contribution in [3.63, 3.8) is 0 Å². The summed E-state index contributed by atoms with van der Waals surface area (Å²) in [7, 11) is 0. The maximum atomic E-state index is 11.7. The minimum absolute atomic E-state index is 0.251. The van der Waals surface area contributed by atoms with Gasteiger partial charge in [-0.3, -0.25) is 10.1 Å². The summed E-state index contributed by atoms with van der Waals surface area (Å²) in [6.07, 6.45) is 6.26. The molecule has 1 saturated carbocycles. The van der Waals surface area contributed by atoms with Crippen molar-refractivity contribution in [2.45, 2.75) is 38.0 Å². The summed E-state index contributed by atoms with van der Waals surface area (Å²) >= 11 is 0. The molecule has 2 aromatic rings. The van der Waals surface area contributed by atoms with E-state index in [4.69, 9.17) is 4.42 Å². The maximum absolute atomic E-state index is 11.7. The van der Waals surface area contributed by atoms with E-state index in [1.807, 2.05) is 0 Å². The van der Waals surface area contributed by atoms with Gasteiger partial charge in [-0.15, -0.1) is 0 Å². The van der Waals surface area contributed by atoms with E-state index in [1.54, 1.807) is 0 Å². The van der Waals surface area contributed by atoms with Gasteiger partial charge in [0.05, 0.1) is 6.33 Å². The van der Waals surface area contributed by atoms with E-state index in [0.29, 0.717) is 17.0 Å². The summed E-state index contributed by atoms with van der Waals surface area (Å²) in [5.41, 5.74) is 0.406. The second-order valence-electron chi connectivity index (χ2n) is 4.65. The first-order valence-corrected chi connectivity index (χ1v) is 6.14. The van der Waals surface area contributed by atoms with E-state index in [-0.39, 0.29) is 11.3 Å². The molecule has 3 rings (SSSR count). The van der Waals surface area contributed by atoms with E-state index >= 15 is 0 Å². The highest BCUT2D eigenvalue weighted by Gasteiger charge is 2.22. The fraction of sp³-hybridized carbons (Fsp3) is 0.500. The SMILES string of the molecule is O=c1[nH]cnc2occ(C(O)NC3CCCC3)c12. The van der Waals surface area contributed by atoms with Crippen LogP contribution >= 0.6 is 0 Å². The molecule has 0 bridgehead atoms. The topological polar surface area (TPSA) is 91.2 Å². The van der Waals surface area contributed by atoms with Crippen LogP contribution in [0.25, 0.3) is 11.1 Å². The molecule has 18 heavy (non-hydrogen) atoms. The van der Waals surface area contributed by atoms with Crippen molar-refractivity contribution in [1.82, 2.24) is 15.3 Å². The van der Waals surface area contributed by atoms with E-state index in [0.717, 1.165) is 12.8 Å². The van der Waals surface area contributed by atoms with Crippen molar-refractivity contribution in [1.29, 1.82) is 0 Å². The molecule has 1 aliphatic rings. The Hall–Kier alpha value is -1.66. The maximum Gasteiger partial charge on any atom is 0.262 e. The highest BCUT2D eigenvalue weighted by molar-refractivity contribution is 5.76. The van der Waals surface area contributed by atoms with E-state index in [2.05, 4.69) is 15.3 Å². The number of aromatic amines is 1. The van der Waals surface area contributed by atoms with Gasteiger partial charge in [-0.1, -0.05) is 12.8 Å². The van der Waals surface area contributed by atoms with Crippen molar-refractivity contribution in [3.8, 4) is 0 Å². The normalized spacial score (nSPS) is 18.5. The van der Waals surface area contributed by atoms with Crippen LogP contribution in [0.15, 0.2) is 21.8 Å². The molecule has 6 heteroatoms. The standard InChI is InChI=1S/C12H15N3O3/c16-10(15-7-3-1-2-4-7)8-5-18-12-9(8)11(17)13-6-14-12/h5-7,10,15-16H,1-4H2,(H,13,14,17). The average molecular weight is 249 g/mol. The number of nitrogens with zero attached hydrogens (tertiary/aromatic N) is 1. The fourth-order valence-corrected chi connectivity index (χ4v) is 2.51. The van der Waals surface area contributed by atoms with Crippen LogP contribution in [0.1, 0.15) is 37.5 Å². The van der Waals surface area contributed by atoms with Crippen LogP contribution in [0.3, 0.4) is 0 Å². The minimum atomic E-state index is -0.889. The molecule has 0 aliphatic heterocycles. The van der Waals surface area contributed by atoms with Crippen LogP contribution in [-0.2, 0) is 0 Å². The van der Waals surface area contributed by atoms with Gasteiger partial charge in [-0.05, 0) is 12.8 Å². The summed E-state index contributed by atoms with van der Waals surface area (Å²) < 4.78 is 5.18. The van der Waals surface area contributed by atoms with Crippen molar-refractivity contribution in [3.05, 3.63) is 28.5 Å². The van der Waals surface area contributed by atoms with Gasteiger partial charge in [-0.2, -0.15) is 0 Å². The third-order valence-electron chi connectivity index (χ3n) is 3.45. The minimum Gasteiger partial charge on any atom is -0.445 e. The average Bonchev–Trinajstić information content (AvgIpc) is 2.97. The van der Waals surface area contributed by atoms with Crippen LogP contribution < -0.4 is 10.9 Å². The summed E-state index contributed by atoms with van der Waals surface area (Å²) in [6, 6.07) is 0.306. The van der Waals surface area contributed by atoms with Crippen molar-refractivity contribution < 1.29 is 9.52 Å². The highest BCUT2D eigenvalue weighted by Crippen LogP contribution is 2.24. The van der Waals surface area contributed by atoms with Crippen LogP contribution in [0.4, 0.5) is 0 Å². The number of nitrogens with one attached hydrogen (secondary N) is 2. The second kappa shape index (κ2) is 4.55. The Balaban J connectivity index is 1.91. The Labute approximate surface area is 103 Å². The monoisotopic (exact) mass is 249 g/mol. The van der Waals surface area contributed by atoms with Gasteiger partial charge in [0.25, 0.3) is 5.56 Å². The zero-order valence-electron chi connectivity index (χ0n) is 9.85. The van der Waals surface area contributed by atoms with Gasteiger partial charge in [0.15, 0.2) is 0 Å². The summed E-state index contributed by atoms with van der Waals surface area (Å²) in [4.78, 5) is 18.1. The number of rotatable bonds is 3. The Morgan fingerprint density at radius 3 is 3.06 bits per heavy atom. The predicted molar refractivity (Wildman–Crippen MR) is 65.0 cm³/mol. The van der Waals surface area contributed by atoms with E-state index < -0.39 is 6.23 Å². The number of furan rings is 1. The van der Waals surface area contributed by atoms with Crippen LogP contribution in [0.2, 0.25) is 0 Å². The van der Waals surface area contributed by atoms with Gasteiger partial charge in [0.1, 0.15) is 17.9 Å². The first-order valence-electron chi connectivity index (χ1n) is 6.14. The molecule has 1 atom stereocenters. The van der Waals surface area contributed by atoms with E-state index in [1.165, 1.54) is 25.4 Å². The van der Waals surface area contributed by atoms with Gasteiger partial charge in [-0.25, -0.2) is 4.98 Å². The highest BCUT2D eigenvalue weighted by atomic mass is 16.3. The van der Waals surface area contributed by atoms with Gasteiger partial charge in [0, 0.05) is 11.6 Å². The number of aliphatic hydroxyl groups excluding tert-OH is 1. The molecule has 6 nitrogen and oxygen atoms in total. The van der Waals surface area contributed by atoms with Crippen LogP contribution in [0.5, 0.6) is 0 Å². The molecular formula is C12H15N3O3. The van der Waals surface area contributed by atoms with Crippen molar-refractivity contribution >= 4 is 11.1 Å². The molecular weight excluding hydrogens is 234 g/mol. The van der Waals surface area contributed by atoms with Gasteiger partial charge in [0.2, 0.25) is 5.71 Å². The molecule has 1 aliphatic carbocycles. The molecule has 0 aromatic carbocycles. The lowest BCUT2D eigenvalue weighted by molar-refractivity contribution is 0.124. The summed E-state index contributed by atoms with van der Waals surface area (Å²) in [6.45, 7) is 0. The third kappa shape index (κ3) is 1.93. The molecule has 1 fully saturated rings. The Morgan fingerprint density at radius 2 is 2.28 bits per heavy atom. The predicted octanol–water partition coefficient (Wildman–Crippen LogP) is 1.04. The number of aliphatic hydroxyl groups is 1. The van der Waals surface area contributed by atoms with Gasteiger partial charge < -0.3 is 14.5 Å². The quantitative estimate of drug-likeness (QED) is 0.707. The number of hydrogen-bond donors (Lipinski definition) is 3. The van der Waals surface area contributed by atoms with E-state index in [9.17, 15) is 9.90 Å². The molecule has 3 N–H and O–H groups in total. The summed E-state index contributed by atoms with van der Waals surface area (Å²) in [5.74, 6) is 0. The van der Waals surface area contributed by atoms with Crippen LogP contribution in [0, 0.1) is 0 Å². The zero-order chi connectivity index (χ0) is 12.5. The second-order valence-corrected chi connectivity index (χ2v) is 4.65. The summed E-state index contributed by atoms with van der Waals surface area (Å²) in [5, 5.41) is 13.6. The van der Waals surface area contributed by atoms with Crippen molar-refractivity contribution in [2.24, 2.45) is 0 Å². The molecule has 0 radical (unpaired) electrons. The Morgan fingerprint density at radius 1 is 1.50 bits per heavy atom. The number of H-pyrrole nitrogens is 1. The van der Waals surface area contributed by atoms with Crippen LogP contribution in [-0.4, -0.2) is 21.1 Å². The molecule has 2 aromatic heterocycles. The lowest BCUT2D eigenvalue weighted by Gasteiger charge is -2.16.